The summed E-state index contributed by atoms with van der Waals surface area (Å²) in [5, 5.41) is 0. The Morgan fingerprint density at radius 3 is 1.10 bits per heavy atom. The van der Waals surface area contributed by atoms with E-state index in [-0.39, 0.29) is 0 Å². The molecule has 0 atom stereocenters. The molecule has 0 heterocycles. The lowest BCUT2D eigenvalue weighted by Crippen LogP contribution is -2.25. The van der Waals surface area contributed by atoms with Gasteiger partial charge in [0.1, 0.15) is 0 Å². The lowest BCUT2D eigenvalue weighted by Gasteiger charge is -2.37. The van der Waals surface area contributed by atoms with Crippen molar-refractivity contribution in [3.05, 3.63) is 152 Å². The first-order chi connectivity index (χ1) is 42.1. The maximum atomic E-state index is 2.46. The molecule has 474 valence electrons. The summed E-state index contributed by atoms with van der Waals surface area (Å²) in [5.74, 6) is 13.6. The molecule has 0 aliphatic heterocycles. The molecule has 0 saturated heterocycles. The van der Waals surface area contributed by atoms with E-state index in [9.17, 15) is 0 Å². The predicted octanol–water partition coefficient (Wildman–Crippen LogP) is 26.4. The van der Waals surface area contributed by atoms with Crippen LogP contribution < -0.4 is 0 Å². The first-order valence-corrected chi connectivity index (χ1v) is 37.5. The van der Waals surface area contributed by atoms with Crippen molar-refractivity contribution in [1.82, 2.24) is 0 Å². The highest BCUT2D eigenvalue weighted by molar-refractivity contribution is 5.71. The third kappa shape index (κ3) is 18.4. The van der Waals surface area contributed by atoms with E-state index in [4.69, 9.17) is 0 Å². The van der Waals surface area contributed by atoms with E-state index < -0.39 is 0 Å². The molecule has 7 fully saturated rings. The first-order valence-electron chi connectivity index (χ1n) is 37.5. The van der Waals surface area contributed by atoms with Crippen LogP contribution in [0.4, 0.5) is 0 Å². The van der Waals surface area contributed by atoms with Crippen LogP contribution in [-0.4, -0.2) is 0 Å². The molecule has 0 aromatic heterocycles. The average molecular weight is 1170 g/mol. The van der Waals surface area contributed by atoms with Crippen molar-refractivity contribution in [3.63, 3.8) is 0 Å². The monoisotopic (exact) mass is 1170 g/mol. The third-order valence-corrected chi connectivity index (χ3v) is 25.6. The Kier molecular flexibility index (Phi) is 24.2. The zero-order chi connectivity index (χ0) is 61.0. The van der Waals surface area contributed by atoms with Gasteiger partial charge in [-0.1, -0.05) is 214 Å². The summed E-state index contributed by atoms with van der Waals surface area (Å²) in [7, 11) is 0. The van der Waals surface area contributed by atoms with Crippen molar-refractivity contribution in [2.75, 3.05) is 0 Å². The molecule has 0 bridgehead atoms. The number of benzene rings is 5. The molecular formula is C87H126. The van der Waals surface area contributed by atoms with E-state index in [2.05, 4.69) is 167 Å². The molecule has 5 aromatic carbocycles. The van der Waals surface area contributed by atoms with E-state index in [1.807, 2.05) is 0 Å². The van der Waals surface area contributed by atoms with E-state index in [0.29, 0.717) is 0 Å². The maximum absolute atomic E-state index is 2.46. The Hall–Kier alpha value is -3.90. The van der Waals surface area contributed by atoms with E-state index in [0.717, 1.165) is 82.9 Å². The lowest BCUT2D eigenvalue weighted by atomic mass is 9.68. The van der Waals surface area contributed by atoms with Crippen LogP contribution >= 0.6 is 0 Å². The van der Waals surface area contributed by atoms with Gasteiger partial charge >= 0.3 is 0 Å². The number of hydrogen-bond acceptors (Lipinski definition) is 0. The van der Waals surface area contributed by atoms with Crippen LogP contribution in [0, 0.1) is 114 Å². The molecular weight excluding hydrogens is 1040 g/mol. The molecule has 12 rings (SSSR count). The summed E-state index contributed by atoms with van der Waals surface area (Å²) in [5.41, 5.74) is 22.0. The first kappa shape index (κ1) is 66.0. The fourth-order valence-corrected chi connectivity index (χ4v) is 19.3. The van der Waals surface area contributed by atoms with Gasteiger partial charge < -0.3 is 0 Å². The Bertz CT molecular complexity index is 2790. The highest BCUT2D eigenvalue weighted by Gasteiger charge is 2.33. The molecule has 0 amide bonds. The summed E-state index contributed by atoms with van der Waals surface area (Å²) in [6.45, 7) is 25.7. The maximum Gasteiger partial charge on any atom is -0.0125 e. The van der Waals surface area contributed by atoms with Crippen LogP contribution in [-0.2, 0) is 6.42 Å². The largest absolute Gasteiger partial charge is 0.0625 e. The van der Waals surface area contributed by atoms with Crippen LogP contribution in [0.25, 0.3) is 22.3 Å². The van der Waals surface area contributed by atoms with Crippen molar-refractivity contribution in [2.24, 2.45) is 65.1 Å². The van der Waals surface area contributed by atoms with Crippen molar-refractivity contribution in [1.29, 1.82) is 0 Å². The smallest absolute Gasteiger partial charge is 0.0125 e. The summed E-state index contributed by atoms with van der Waals surface area (Å²) >= 11 is 0. The van der Waals surface area contributed by atoms with Crippen LogP contribution in [0.2, 0.25) is 0 Å². The highest BCUT2D eigenvalue weighted by atomic mass is 14.4. The molecule has 7 aliphatic rings. The van der Waals surface area contributed by atoms with Gasteiger partial charge in [-0.25, -0.2) is 0 Å². The van der Waals surface area contributed by atoms with E-state index in [1.54, 1.807) is 60.8 Å². The minimum Gasteiger partial charge on any atom is -0.0625 e. The number of aryl methyl sites for hydroxylation is 8. The SMILES string of the molecule is Cc1cc(-c2ccc(C3CCC(C)CC3)cc2)cc(C)c1C1CCC(C)CC1.Cc1ccc(-c2c(C)cc(CCC3CCC(C4CCC(C)CC4)CC3)cc2C)cc1.Cc1ccc(C2CCC(CCC3CCC(C4CCC(C)CC4)CC3)CC2)cc1C. The van der Waals surface area contributed by atoms with Gasteiger partial charge in [0.25, 0.3) is 0 Å². The lowest BCUT2D eigenvalue weighted by molar-refractivity contribution is 0.143. The fourth-order valence-electron chi connectivity index (χ4n) is 19.3. The minimum absolute atomic E-state index is 0.779. The molecule has 0 N–H and O–H groups in total. The van der Waals surface area contributed by atoms with Gasteiger partial charge in [0, 0.05) is 0 Å². The van der Waals surface area contributed by atoms with E-state index >= 15 is 0 Å². The molecule has 0 radical (unpaired) electrons. The summed E-state index contributed by atoms with van der Waals surface area (Å²) < 4.78 is 0. The average Bonchev–Trinajstić information content (AvgIpc) is 2.98. The topological polar surface area (TPSA) is 0 Å². The second-order valence-corrected chi connectivity index (χ2v) is 32.3. The molecule has 0 nitrogen and oxygen atoms in total. The van der Waals surface area contributed by atoms with Crippen molar-refractivity contribution >= 4 is 0 Å². The van der Waals surface area contributed by atoms with Crippen LogP contribution in [0.5, 0.6) is 0 Å². The normalized spacial score (nSPS) is 30.5. The van der Waals surface area contributed by atoms with Gasteiger partial charge in [-0.2, -0.15) is 0 Å². The fraction of sp³-hybridized carbons (Fsp3) is 0.655. The van der Waals surface area contributed by atoms with Crippen LogP contribution in [0.3, 0.4) is 0 Å². The Morgan fingerprint density at radius 1 is 0.276 bits per heavy atom. The van der Waals surface area contributed by atoms with Crippen LogP contribution in [0.15, 0.2) is 91.0 Å². The zero-order valence-corrected chi connectivity index (χ0v) is 57.9. The number of hydrogen-bond donors (Lipinski definition) is 0. The van der Waals surface area contributed by atoms with E-state index in [1.165, 1.54) is 228 Å². The Balaban J connectivity index is 0.000000145. The van der Waals surface area contributed by atoms with Crippen molar-refractivity contribution < 1.29 is 0 Å². The molecule has 87 heavy (non-hydrogen) atoms. The van der Waals surface area contributed by atoms with Crippen LogP contribution in [0.1, 0.15) is 306 Å². The van der Waals surface area contributed by atoms with Gasteiger partial charge in [0.05, 0.1) is 0 Å². The summed E-state index contributed by atoms with van der Waals surface area (Å²) in [6, 6.07) is 35.5. The Labute approximate surface area is 535 Å². The second kappa shape index (κ2) is 31.9. The molecule has 5 aromatic rings. The standard InChI is InChI=1S/C30H42.C29H46.C28H38/c1-21-5-13-27(14-6-21)28-17-11-25(12-18-28)9-10-26-19-23(3)30(24(4)20-26)29-15-7-22(2)8-16-29;1-21-4-13-26(14-5-21)27-16-9-24(10-17-27)7-8-25-11-18-28(19-12-25)29-15-6-22(2)23(3)20-29;1-19-5-9-23(10-6-19)24-13-15-25(16-14-24)27-17-21(3)28(22(4)18-27)26-11-7-20(2)8-12-26/h7-8,15-16,19-21,25,27-28H,5-6,9-14,17-18H2,1-4H3;6,15,20-21,24-28H,4-5,7-14,16-19H2,1-3H3;13-20,23,26H,5-12H2,1-4H3. The molecule has 0 heteroatoms. The Morgan fingerprint density at radius 2 is 0.644 bits per heavy atom. The van der Waals surface area contributed by atoms with Gasteiger partial charge in [0.15, 0.2) is 0 Å². The molecule has 0 unspecified atom stereocenters. The van der Waals surface area contributed by atoms with Gasteiger partial charge in [0.2, 0.25) is 0 Å². The van der Waals surface area contributed by atoms with Gasteiger partial charge in [-0.3, -0.25) is 0 Å². The molecule has 0 spiro atoms. The van der Waals surface area contributed by atoms with Crippen molar-refractivity contribution in [3.8, 4) is 22.3 Å². The van der Waals surface area contributed by atoms with Crippen molar-refractivity contribution in [2.45, 2.75) is 299 Å². The van der Waals surface area contributed by atoms with Gasteiger partial charge in [-0.15, -0.1) is 0 Å². The quantitative estimate of drug-likeness (QED) is 0.110. The zero-order valence-electron chi connectivity index (χ0n) is 57.9. The minimum atomic E-state index is 0.779. The van der Waals surface area contributed by atoms with Gasteiger partial charge in [-0.05, 0) is 325 Å². The summed E-state index contributed by atoms with van der Waals surface area (Å²) in [4.78, 5) is 0. The third-order valence-electron chi connectivity index (χ3n) is 25.6. The highest BCUT2D eigenvalue weighted by Crippen LogP contribution is 2.47. The number of rotatable bonds is 13. The summed E-state index contributed by atoms with van der Waals surface area (Å²) in [6.07, 6.45) is 46.9. The predicted molar refractivity (Wildman–Crippen MR) is 379 cm³/mol. The molecule has 7 saturated carbocycles. The molecule has 7 aliphatic carbocycles. The second-order valence-electron chi connectivity index (χ2n) is 32.3.